The van der Waals surface area contributed by atoms with E-state index in [4.69, 9.17) is 4.74 Å². The molecule has 0 bridgehead atoms. The molecular formula is C24H23N3O2. The fourth-order valence-electron chi connectivity index (χ4n) is 4.30. The first-order chi connectivity index (χ1) is 14.2. The van der Waals surface area contributed by atoms with Crippen molar-refractivity contribution in [2.75, 3.05) is 20.1 Å². The van der Waals surface area contributed by atoms with Crippen LogP contribution in [0.3, 0.4) is 0 Å². The van der Waals surface area contributed by atoms with Gasteiger partial charge < -0.3 is 9.64 Å². The summed E-state index contributed by atoms with van der Waals surface area (Å²) in [5, 5.41) is 0. The Bertz CT molecular complexity index is 1020. The van der Waals surface area contributed by atoms with Crippen LogP contribution in [0.1, 0.15) is 15.9 Å². The number of likely N-dealkylation sites (tertiary alicyclic amines) is 1. The summed E-state index contributed by atoms with van der Waals surface area (Å²) < 4.78 is 6.43. The number of rotatable bonds is 3. The smallest absolute Gasteiger partial charge is 0.257 e. The van der Waals surface area contributed by atoms with E-state index in [0.717, 1.165) is 30.8 Å². The van der Waals surface area contributed by atoms with E-state index in [2.05, 4.69) is 34.1 Å². The molecule has 2 aliphatic heterocycles. The molecule has 3 heterocycles. The third kappa shape index (κ3) is 3.38. The zero-order valence-corrected chi connectivity index (χ0v) is 16.4. The van der Waals surface area contributed by atoms with Gasteiger partial charge in [-0.25, -0.2) is 0 Å². The second kappa shape index (κ2) is 7.33. The highest BCUT2D eigenvalue weighted by Gasteiger charge is 2.42. The van der Waals surface area contributed by atoms with Crippen LogP contribution in [-0.4, -0.2) is 53.0 Å². The van der Waals surface area contributed by atoms with E-state index in [1.807, 2.05) is 54.5 Å². The summed E-state index contributed by atoms with van der Waals surface area (Å²) >= 11 is 0. The van der Waals surface area contributed by atoms with E-state index in [9.17, 15) is 4.79 Å². The molecule has 1 fully saturated rings. The van der Waals surface area contributed by atoms with E-state index in [-0.39, 0.29) is 18.1 Å². The van der Waals surface area contributed by atoms with Crippen molar-refractivity contribution in [3.05, 3.63) is 84.2 Å². The molecule has 0 saturated carbocycles. The van der Waals surface area contributed by atoms with Gasteiger partial charge in [-0.15, -0.1) is 0 Å². The number of hydrogen-bond acceptors (Lipinski definition) is 4. The molecule has 1 saturated heterocycles. The SMILES string of the molecule is CN1C(=O)c2ccc(-c3cccnc3)cc2O[C@H]2CN(Cc3ccccc3)C[C@H]21. The zero-order chi connectivity index (χ0) is 19.8. The highest BCUT2D eigenvalue weighted by Crippen LogP contribution is 2.34. The maximum atomic E-state index is 13.1. The van der Waals surface area contributed by atoms with Gasteiger partial charge in [-0.2, -0.15) is 0 Å². The molecule has 146 valence electrons. The number of benzene rings is 2. The lowest BCUT2D eigenvalue weighted by Crippen LogP contribution is -2.44. The van der Waals surface area contributed by atoms with Crippen molar-refractivity contribution >= 4 is 5.91 Å². The Balaban J connectivity index is 1.43. The first kappa shape index (κ1) is 17.9. The Morgan fingerprint density at radius 3 is 2.69 bits per heavy atom. The number of aromatic nitrogens is 1. The second-order valence-corrected chi connectivity index (χ2v) is 7.77. The average molecular weight is 385 g/mol. The fourth-order valence-corrected chi connectivity index (χ4v) is 4.30. The Morgan fingerprint density at radius 1 is 1.03 bits per heavy atom. The lowest BCUT2D eigenvalue weighted by atomic mass is 10.0. The first-order valence-electron chi connectivity index (χ1n) is 9.93. The van der Waals surface area contributed by atoms with Crippen LogP contribution in [0.2, 0.25) is 0 Å². The lowest BCUT2D eigenvalue weighted by molar-refractivity contribution is 0.0682. The summed E-state index contributed by atoms with van der Waals surface area (Å²) in [5.41, 5.74) is 3.92. The Kier molecular flexibility index (Phi) is 4.52. The summed E-state index contributed by atoms with van der Waals surface area (Å²) in [6.07, 6.45) is 3.54. The van der Waals surface area contributed by atoms with Crippen LogP contribution >= 0.6 is 0 Å². The number of carbonyl (C=O) groups is 1. The number of likely N-dealkylation sites (N-methyl/N-ethyl adjacent to an activating group) is 1. The van der Waals surface area contributed by atoms with Crippen LogP contribution < -0.4 is 4.74 Å². The Morgan fingerprint density at radius 2 is 1.90 bits per heavy atom. The molecule has 0 N–H and O–H groups in total. The highest BCUT2D eigenvalue weighted by molar-refractivity contribution is 5.98. The van der Waals surface area contributed by atoms with Crippen LogP contribution in [0, 0.1) is 0 Å². The highest BCUT2D eigenvalue weighted by atomic mass is 16.5. The zero-order valence-electron chi connectivity index (χ0n) is 16.4. The second-order valence-electron chi connectivity index (χ2n) is 7.77. The van der Waals surface area contributed by atoms with Gasteiger partial charge in [0, 0.05) is 44.6 Å². The van der Waals surface area contributed by atoms with Gasteiger partial charge in [0.15, 0.2) is 0 Å². The molecule has 5 nitrogen and oxygen atoms in total. The minimum Gasteiger partial charge on any atom is -0.486 e. The molecule has 5 rings (SSSR count). The van der Waals surface area contributed by atoms with Crippen molar-refractivity contribution in [2.45, 2.75) is 18.7 Å². The molecule has 1 aromatic heterocycles. The minimum atomic E-state index is -0.0435. The summed E-state index contributed by atoms with van der Waals surface area (Å²) in [6, 6.07) is 20.2. The van der Waals surface area contributed by atoms with Gasteiger partial charge in [0.25, 0.3) is 5.91 Å². The third-order valence-electron chi connectivity index (χ3n) is 5.86. The van der Waals surface area contributed by atoms with Gasteiger partial charge in [0.1, 0.15) is 11.9 Å². The molecule has 3 aromatic rings. The minimum absolute atomic E-state index is 0.0202. The number of nitrogens with zero attached hydrogens (tertiary/aromatic N) is 3. The van der Waals surface area contributed by atoms with Crippen molar-refractivity contribution in [2.24, 2.45) is 0 Å². The van der Waals surface area contributed by atoms with E-state index in [0.29, 0.717) is 11.3 Å². The van der Waals surface area contributed by atoms with Crippen LogP contribution in [-0.2, 0) is 6.54 Å². The average Bonchev–Trinajstić information content (AvgIpc) is 3.12. The summed E-state index contributed by atoms with van der Waals surface area (Å²) in [6.45, 7) is 2.47. The number of ether oxygens (including phenoxy) is 1. The summed E-state index contributed by atoms with van der Waals surface area (Å²) in [4.78, 5) is 21.5. The van der Waals surface area contributed by atoms with E-state index < -0.39 is 0 Å². The molecule has 0 unspecified atom stereocenters. The van der Waals surface area contributed by atoms with Gasteiger partial charge in [0.05, 0.1) is 11.6 Å². The molecule has 5 heteroatoms. The van der Waals surface area contributed by atoms with Gasteiger partial charge in [-0.3, -0.25) is 14.7 Å². The van der Waals surface area contributed by atoms with Crippen molar-refractivity contribution in [1.29, 1.82) is 0 Å². The Hall–Kier alpha value is -3.18. The number of carbonyl (C=O) groups excluding carboxylic acids is 1. The lowest BCUT2D eigenvalue weighted by Gasteiger charge is -2.25. The quantitative estimate of drug-likeness (QED) is 0.693. The largest absolute Gasteiger partial charge is 0.486 e. The van der Waals surface area contributed by atoms with Crippen LogP contribution in [0.4, 0.5) is 0 Å². The van der Waals surface area contributed by atoms with Gasteiger partial charge >= 0.3 is 0 Å². The molecule has 2 aromatic carbocycles. The number of pyridine rings is 1. The van der Waals surface area contributed by atoms with E-state index >= 15 is 0 Å². The predicted octanol–water partition coefficient (Wildman–Crippen LogP) is 3.47. The number of hydrogen-bond donors (Lipinski definition) is 0. The monoisotopic (exact) mass is 385 g/mol. The molecule has 2 atom stereocenters. The van der Waals surface area contributed by atoms with Gasteiger partial charge in [-0.1, -0.05) is 42.5 Å². The fraction of sp³-hybridized carbons (Fsp3) is 0.250. The maximum Gasteiger partial charge on any atom is 0.257 e. The van der Waals surface area contributed by atoms with Crippen molar-refractivity contribution in [3.63, 3.8) is 0 Å². The molecule has 29 heavy (non-hydrogen) atoms. The van der Waals surface area contributed by atoms with Crippen LogP contribution in [0.25, 0.3) is 11.1 Å². The van der Waals surface area contributed by atoms with E-state index in [1.165, 1.54) is 5.56 Å². The van der Waals surface area contributed by atoms with Crippen molar-refractivity contribution in [1.82, 2.24) is 14.8 Å². The van der Waals surface area contributed by atoms with Crippen LogP contribution in [0.15, 0.2) is 73.1 Å². The predicted molar refractivity (Wildman–Crippen MR) is 112 cm³/mol. The first-order valence-corrected chi connectivity index (χ1v) is 9.93. The van der Waals surface area contributed by atoms with E-state index in [1.54, 1.807) is 6.20 Å². The molecule has 0 spiro atoms. The number of fused-ring (bicyclic) bond motifs is 2. The standard InChI is InChI=1S/C24H23N3O2/c1-26-21-15-27(14-17-6-3-2-4-7-17)16-23(21)29-22-12-18(9-10-20(22)24(26)28)19-8-5-11-25-13-19/h2-13,21,23H,14-16H2,1H3/t21-,23+/m1/s1. The third-order valence-corrected chi connectivity index (χ3v) is 5.86. The summed E-state index contributed by atoms with van der Waals surface area (Å²) in [5.74, 6) is 0.684. The van der Waals surface area contributed by atoms with Crippen molar-refractivity contribution in [3.8, 4) is 16.9 Å². The molecule has 1 amide bonds. The van der Waals surface area contributed by atoms with Crippen LogP contribution in [0.5, 0.6) is 5.75 Å². The number of amides is 1. The molecule has 0 aliphatic carbocycles. The molecule has 0 radical (unpaired) electrons. The van der Waals surface area contributed by atoms with Gasteiger partial charge in [0.2, 0.25) is 0 Å². The molecular weight excluding hydrogens is 362 g/mol. The summed E-state index contributed by atoms with van der Waals surface area (Å²) in [7, 11) is 1.89. The van der Waals surface area contributed by atoms with Crippen molar-refractivity contribution < 1.29 is 9.53 Å². The maximum absolute atomic E-state index is 13.1. The van der Waals surface area contributed by atoms with Gasteiger partial charge in [-0.05, 0) is 29.3 Å². The Labute approximate surface area is 170 Å². The topological polar surface area (TPSA) is 45.7 Å². The normalized spacial score (nSPS) is 21.3. The molecule has 2 aliphatic rings.